The Morgan fingerprint density at radius 3 is 2.52 bits per heavy atom. The molecule has 0 aliphatic heterocycles. The molecule has 116 valence electrons. The van der Waals surface area contributed by atoms with Crippen molar-refractivity contribution in [3.05, 3.63) is 23.8 Å². The molecule has 2 atom stereocenters. The van der Waals surface area contributed by atoms with Gasteiger partial charge in [-0.05, 0) is 50.8 Å². The lowest BCUT2D eigenvalue weighted by Crippen LogP contribution is -2.21. The van der Waals surface area contributed by atoms with Crippen molar-refractivity contribution in [1.82, 2.24) is 0 Å². The Hall–Kier alpha value is -1.51. The van der Waals surface area contributed by atoms with Gasteiger partial charge in [0.1, 0.15) is 0 Å². The van der Waals surface area contributed by atoms with E-state index >= 15 is 0 Å². The molecule has 1 aromatic rings. The highest BCUT2D eigenvalue weighted by atomic mass is 16.5. The van der Waals surface area contributed by atoms with Crippen molar-refractivity contribution in [2.24, 2.45) is 11.8 Å². The molecule has 2 unspecified atom stereocenters. The molecule has 0 amide bonds. The summed E-state index contributed by atoms with van der Waals surface area (Å²) >= 11 is 0. The van der Waals surface area contributed by atoms with Gasteiger partial charge in [0.15, 0.2) is 17.3 Å². The molecular formula is C18H26O3. The molecule has 0 bridgehead atoms. The molecule has 1 aromatic carbocycles. The van der Waals surface area contributed by atoms with Crippen LogP contribution in [0.25, 0.3) is 0 Å². The lowest BCUT2D eigenvalue weighted by molar-refractivity contribution is 0.0868. The van der Waals surface area contributed by atoms with Gasteiger partial charge >= 0.3 is 0 Å². The number of carbonyl (C=O) groups excluding carboxylic acids is 1. The fourth-order valence-electron chi connectivity index (χ4n) is 3.11. The molecule has 0 saturated heterocycles. The summed E-state index contributed by atoms with van der Waals surface area (Å²) in [5, 5.41) is 0. The molecule has 1 aliphatic rings. The van der Waals surface area contributed by atoms with Crippen LogP contribution < -0.4 is 9.47 Å². The molecule has 1 aliphatic carbocycles. The van der Waals surface area contributed by atoms with Crippen LogP contribution in [0.4, 0.5) is 0 Å². The van der Waals surface area contributed by atoms with Crippen molar-refractivity contribution in [3.63, 3.8) is 0 Å². The second kappa shape index (κ2) is 7.48. The van der Waals surface area contributed by atoms with Crippen molar-refractivity contribution in [1.29, 1.82) is 0 Å². The maximum absolute atomic E-state index is 12.7. The molecule has 0 N–H and O–H groups in total. The van der Waals surface area contributed by atoms with Crippen LogP contribution in [-0.4, -0.2) is 19.0 Å². The summed E-state index contributed by atoms with van der Waals surface area (Å²) in [6.07, 6.45) is 4.43. The average Bonchev–Trinajstić information content (AvgIpc) is 2.49. The average molecular weight is 290 g/mol. The topological polar surface area (TPSA) is 35.5 Å². The van der Waals surface area contributed by atoms with Crippen molar-refractivity contribution < 1.29 is 14.3 Å². The highest BCUT2D eigenvalue weighted by Crippen LogP contribution is 2.34. The molecule has 1 saturated carbocycles. The zero-order chi connectivity index (χ0) is 15.2. The Morgan fingerprint density at radius 2 is 1.86 bits per heavy atom. The third kappa shape index (κ3) is 3.99. The quantitative estimate of drug-likeness (QED) is 0.724. The molecular weight excluding hydrogens is 264 g/mol. The summed E-state index contributed by atoms with van der Waals surface area (Å²) in [7, 11) is 0. The molecule has 3 nitrogen and oxygen atoms in total. The fraction of sp³-hybridized carbons (Fsp3) is 0.611. The molecule has 2 rings (SSSR count). The van der Waals surface area contributed by atoms with E-state index in [9.17, 15) is 4.79 Å². The summed E-state index contributed by atoms with van der Waals surface area (Å²) in [4.78, 5) is 12.7. The summed E-state index contributed by atoms with van der Waals surface area (Å²) in [5.74, 6) is 2.47. The molecule has 0 heterocycles. The highest BCUT2D eigenvalue weighted by molar-refractivity contribution is 5.98. The van der Waals surface area contributed by atoms with Crippen LogP contribution in [0, 0.1) is 11.8 Å². The second-order valence-corrected chi connectivity index (χ2v) is 5.86. The van der Waals surface area contributed by atoms with Gasteiger partial charge in [0.2, 0.25) is 0 Å². The monoisotopic (exact) mass is 290 g/mol. The predicted molar refractivity (Wildman–Crippen MR) is 84.2 cm³/mol. The fourth-order valence-corrected chi connectivity index (χ4v) is 3.11. The van der Waals surface area contributed by atoms with Crippen LogP contribution in [0.15, 0.2) is 18.2 Å². The van der Waals surface area contributed by atoms with Crippen molar-refractivity contribution in [2.75, 3.05) is 13.2 Å². The SMILES string of the molecule is CCOc1ccc(C(=O)C2CCCC(C)C2)cc1OCC. The van der Waals surface area contributed by atoms with E-state index in [0.29, 0.717) is 30.6 Å². The Balaban J connectivity index is 2.18. The number of hydrogen-bond donors (Lipinski definition) is 0. The van der Waals surface area contributed by atoms with Crippen molar-refractivity contribution >= 4 is 5.78 Å². The lowest BCUT2D eigenvalue weighted by atomic mass is 9.79. The maximum atomic E-state index is 12.7. The molecule has 0 radical (unpaired) electrons. The summed E-state index contributed by atoms with van der Waals surface area (Å²) < 4.78 is 11.2. The van der Waals surface area contributed by atoms with Crippen LogP contribution in [0.2, 0.25) is 0 Å². The van der Waals surface area contributed by atoms with Crippen LogP contribution in [-0.2, 0) is 0 Å². The minimum atomic E-state index is 0.168. The van der Waals surface area contributed by atoms with E-state index in [2.05, 4.69) is 6.92 Å². The van der Waals surface area contributed by atoms with Crippen LogP contribution in [0.5, 0.6) is 11.5 Å². The largest absolute Gasteiger partial charge is 0.490 e. The predicted octanol–water partition coefficient (Wildman–Crippen LogP) is 4.49. The first-order valence-corrected chi connectivity index (χ1v) is 8.09. The summed E-state index contributed by atoms with van der Waals surface area (Å²) in [5.41, 5.74) is 0.751. The normalized spacial score (nSPS) is 21.9. The molecule has 1 fully saturated rings. The second-order valence-electron chi connectivity index (χ2n) is 5.86. The van der Waals surface area contributed by atoms with Gasteiger partial charge in [-0.1, -0.05) is 19.8 Å². The minimum Gasteiger partial charge on any atom is -0.490 e. The molecule has 21 heavy (non-hydrogen) atoms. The smallest absolute Gasteiger partial charge is 0.166 e. The van der Waals surface area contributed by atoms with E-state index in [0.717, 1.165) is 24.8 Å². The first-order chi connectivity index (χ1) is 10.2. The molecule has 3 heteroatoms. The van der Waals surface area contributed by atoms with Crippen LogP contribution >= 0.6 is 0 Å². The third-order valence-corrected chi connectivity index (χ3v) is 4.14. The number of ketones is 1. The van der Waals surface area contributed by atoms with Gasteiger partial charge in [-0.2, -0.15) is 0 Å². The zero-order valence-corrected chi connectivity index (χ0v) is 13.4. The highest BCUT2D eigenvalue weighted by Gasteiger charge is 2.26. The lowest BCUT2D eigenvalue weighted by Gasteiger charge is -2.25. The van der Waals surface area contributed by atoms with Gasteiger partial charge in [-0.15, -0.1) is 0 Å². The maximum Gasteiger partial charge on any atom is 0.166 e. The standard InChI is InChI=1S/C18H26O3/c1-4-20-16-10-9-15(12-17(16)21-5-2)18(19)14-8-6-7-13(3)11-14/h9-10,12-14H,4-8,11H2,1-3H3. The van der Waals surface area contributed by atoms with E-state index < -0.39 is 0 Å². The van der Waals surface area contributed by atoms with E-state index in [1.54, 1.807) is 0 Å². The Labute approximate surface area is 127 Å². The minimum absolute atomic E-state index is 0.168. The Bertz CT molecular complexity index is 481. The number of carbonyl (C=O) groups is 1. The van der Waals surface area contributed by atoms with Gasteiger partial charge in [-0.3, -0.25) is 4.79 Å². The van der Waals surface area contributed by atoms with Crippen LogP contribution in [0.1, 0.15) is 56.8 Å². The number of benzene rings is 1. The van der Waals surface area contributed by atoms with Gasteiger partial charge in [0.25, 0.3) is 0 Å². The first-order valence-electron chi connectivity index (χ1n) is 8.09. The number of Topliss-reactive ketones (excluding diaryl/α,β-unsaturated/α-hetero) is 1. The molecule has 0 spiro atoms. The Kier molecular flexibility index (Phi) is 5.66. The first kappa shape index (κ1) is 15.9. The van der Waals surface area contributed by atoms with Gasteiger partial charge < -0.3 is 9.47 Å². The Morgan fingerprint density at radius 1 is 1.14 bits per heavy atom. The van der Waals surface area contributed by atoms with Gasteiger partial charge in [0.05, 0.1) is 13.2 Å². The van der Waals surface area contributed by atoms with Crippen molar-refractivity contribution in [3.8, 4) is 11.5 Å². The van der Waals surface area contributed by atoms with E-state index in [1.807, 2.05) is 32.0 Å². The van der Waals surface area contributed by atoms with E-state index in [4.69, 9.17) is 9.47 Å². The van der Waals surface area contributed by atoms with E-state index in [1.165, 1.54) is 6.42 Å². The molecule has 0 aromatic heterocycles. The number of hydrogen-bond acceptors (Lipinski definition) is 3. The number of ether oxygens (including phenoxy) is 2. The van der Waals surface area contributed by atoms with Gasteiger partial charge in [0, 0.05) is 11.5 Å². The van der Waals surface area contributed by atoms with Crippen LogP contribution in [0.3, 0.4) is 0 Å². The zero-order valence-electron chi connectivity index (χ0n) is 13.4. The third-order valence-electron chi connectivity index (χ3n) is 4.14. The number of rotatable bonds is 6. The van der Waals surface area contributed by atoms with Gasteiger partial charge in [-0.25, -0.2) is 0 Å². The van der Waals surface area contributed by atoms with E-state index in [-0.39, 0.29) is 11.7 Å². The van der Waals surface area contributed by atoms with Crippen molar-refractivity contribution in [2.45, 2.75) is 46.5 Å². The summed E-state index contributed by atoms with van der Waals surface area (Å²) in [6.45, 7) is 7.28. The summed E-state index contributed by atoms with van der Waals surface area (Å²) in [6, 6.07) is 5.57.